The van der Waals surface area contributed by atoms with Gasteiger partial charge in [0, 0.05) is 12.0 Å². The van der Waals surface area contributed by atoms with E-state index >= 15 is 0 Å². The molecule has 9 atom stereocenters. The lowest BCUT2D eigenvalue weighted by Gasteiger charge is -2.43. The van der Waals surface area contributed by atoms with Crippen LogP contribution in [-0.4, -0.2) is 111 Å². The van der Waals surface area contributed by atoms with E-state index in [9.17, 15) is 45.3 Å². The van der Waals surface area contributed by atoms with Gasteiger partial charge in [-0.3, -0.25) is 0 Å². The molecule has 0 radical (unpaired) electrons. The first-order valence-corrected chi connectivity index (χ1v) is 12.2. The fraction of sp³-hybridized carbons (Fsp3) is 0.462. The van der Waals surface area contributed by atoms with E-state index in [0.29, 0.717) is 11.1 Å². The molecule has 0 spiro atoms. The van der Waals surface area contributed by atoms with E-state index in [4.69, 9.17) is 23.7 Å². The van der Waals surface area contributed by atoms with E-state index in [0.717, 1.165) is 19.4 Å². The zero-order chi connectivity index (χ0) is 29.1. The van der Waals surface area contributed by atoms with E-state index in [2.05, 4.69) is 0 Å². The van der Waals surface area contributed by atoms with Gasteiger partial charge < -0.3 is 59.4 Å². The molecule has 14 nitrogen and oxygen atoms in total. The number of carbonyl (C=O) groups is 2. The van der Waals surface area contributed by atoms with Crippen molar-refractivity contribution < 1.29 is 69.0 Å². The van der Waals surface area contributed by atoms with Gasteiger partial charge in [-0.2, -0.15) is 0 Å². The lowest BCUT2D eigenvalue weighted by atomic mass is 9.82. The smallest absolute Gasteiger partial charge is 0.337 e. The van der Waals surface area contributed by atoms with Crippen LogP contribution in [0.5, 0.6) is 11.5 Å². The monoisotopic (exact) mass is 566 g/mol. The predicted octanol–water partition coefficient (Wildman–Crippen LogP) is -1.58. The van der Waals surface area contributed by atoms with Crippen molar-refractivity contribution in [3.8, 4) is 11.5 Å². The van der Waals surface area contributed by atoms with Gasteiger partial charge in [-0.1, -0.05) is 12.1 Å². The number of fused-ring (bicyclic) bond motifs is 1. The van der Waals surface area contributed by atoms with E-state index in [1.165, 1.54) is 30.4 Å². The minimum absolute atomic E-state index is 0.0294. The highest BCUT2D eigenvalue weighted by Gasteiger charge is 2.52. The molecule has 4 rings (SSSR count). The fourth-order valence-corrected chi connectivity index (χ4v) is 4.79. The number of carbonyl (C=O) groups excluding carboxylic acids is 2. The van der Waals surface area contributed by atoms with Gasteiger partial charge in [0.2, 0.25) is 6.29 Å². The standard InChI is InChI=1S/C26H30O14/c1-36-24(35)13-10-38-25(40-26-23(34)22(33)21(32)17(8-27)39-26)19-12(7-16(30)20(13)19)9-37-18(31)5-3-11-2-4-14(28)15(29)6-11/h2-7,10,16-17,19-23,25-30,32-34H,8-9H2,1H3/b5-3+/t16-,17+,19+,20-,21+,22-,23+,25-,26-/m0/s1. The molecule has 1 aromatic carbocycles. The molecule has 1 aliphatic carbocycles. The van der Waals surface area contributed by atoms with Crippen LogP contribution in [-0.2, 0) is 33.3 Å². The highest BCUT2D eigenvalue weighted by atomic mass is 16.8. The Morgan fingerprint density at radius 3 is 2.42 bits per heavy atom. The molecule has 2 aliphatic heterocycles. The van der Waals surface area contributed by atoms with Crippen LogP contribution < -0.4 is 0 Å². The van der Waals surface area contributed by atoms with Crippen molar-refractivity contribution in [2.75, 3.05) is 20.3 Å². The zero-order valence-corrected chi connectivity index (χ0v) is 21.1. The summed E-state index contributed by atoms with van der Waals surface area (Å²) in [6, 6.07) is 3.94. The lowest BCUT2D eigenvalue weighted by molar-refractivity contribution is -0.340. The van der Waals surface area contributed by atoms with Crippen molar-refractivity contribution >= 4 is 18.0 Å². The molecule has 2 heterocycles. The topological polar surface area (TPSA) is 222 Å². The lowest BCUT2D eigenvalue weighted by Crippen LogP contribution is -2.60. The van der Waals surface area contributed by atoms with Crippen LogP contribution >= 0.6 is 0 Å². The number of hydrogen-bond donors (Lipinski definition) is 7. The second-order valence-electron chi connectivity index (χ2n) is 9.38. The second-order valence-corrected chi connectivity index (χ2v) is 9.38. The van der Waals surface area contributed by atoms with Crippen molar-refractivity contribution in [2.45, 2.75) is 43.1 Å². The maximum atomic E-state index is 12.4. The third kappa shape index (κ3) is 5.97. The van der Waals surface area contributed by atoms with Gasteiger partial charge in [-0.25, -0.2) is 9.59 Å². The summed E-state index contributed by atoms with van der Waals surface area (Å²) < 4.78 is 26.8. The van der Waals surface area contributed by atoms with Gasteiger partial charge in [0.05, 0.1) is 37.6 Å². The molecule has 0 bridgehead atoms. The number of phenolic OH excluding ortho intramolecular Hbond substituents is 2. The molecule has 14 heteroatoms. The highest BCUT2D eigenvalue weighted by molar-refractivity contribution is 5.89. The quantitative estimate of drug-likeness (QED) is 0.0817. The van der Waals surface area contributed by atoms with Gasteiger partial charge in [-0.15, -0.1) is 0 Å². The maximum Gasteiger partial charge on any atom is 0.337 e. The Labute approximate surface area is 227 Å². The Balaban J connectivity index is 1.51. The van der Waals surface area contributed by atoms with Crippen LogP contribution in [0.15, 0.2) is 47.8 Å². The van der Waals surface area contributed by atoms with E-state index in [-0.39, 0.29) is 23.7 Å². The molecule has 0 amide bonds. The van der Waals surface area contributed by atoms with Crippen LogP contribution in [0, 0.1) is 11.8 Å². The van der Waals surface area contributed by atoms with E-state index < -0.39 is 73.5 Å². The molecular weight excluding hydrogens is 536 g/mol. The first-order chi connectivity index (χ1) is 19.0. The van der Waals surface area contributed by atoms with Crippen LogP contribution in [0.3, 0.4) is 0 Å². The van der Waals surface area contributed by atoms with E-state index in [1.54, 1.807) is 0 Å². The number of benzene rings is 1. The number of rotatable bonds is 8. The zero-order valence-electron chi connectivity index (χ0n) is 21.1. The summed E-state index contributed by atoms with van der Waals surface area (Å²) in [5, 5.41) is 69.8. The number of ether oxygens (including phenoxy) is 5. The van der Waals surface area contributed by atoms with Crippen molar-refractivity contribution in [1.82, 2.24) is 0 Å². The predicted molar refractivity (Wildman–Crippen MR) is 131 cm³/mol. The molecule has 0 unspecified atom stereocenters. The highest BCUT2D eigenvalue weighted by Crippen LogP contribution is 2.45. The molecule has 3 aliphatic rings. The number of esters is 2. The second kappa shape index (κ2) is 12.3. The van der Waals surface area contributed by atoms with Gasteiger partial charge >= 0.3 is 11.9 Å². The molecule has 0 aromatic heterocycles. The summed E-state index contributed by atoms with van der Waals surface area (Å²) in [5.74, 6) is -4.18. The molecular formula is C26H30O14. The number of aliphatic hydroxyl groups excluding tert-OH is 5. The molecule has 0 saturated carbocycles. The molecule has 7 N–H and O–H groups in total. The first-order valence-electron chi connectivity index (χ1n) is 12.2. The minimum atomic E-state index is -1.74. The Morgan fingerprint density at radius 1 is 1.00 bits per heavy atom. The minimum Gasteiger partial charge on any atom is -0.504 e. The summed E-state index contributed by atoms with van der Waals surface area (Å²) >= 11 is 0. The third-order valence-corrected chi connectivity index (χ3v) is 6.88. The number of aliphatic hydroxyl groups is 5. The first kappa shape index (κ1) is 29.5. The number of phenols is 2. The van der Waals surface area contributed by atoms with Crippen LogP contribution in [0.4, 0.5) is 0 Å². The summed E-state index contributed by atoms with van der Waals surface area (Å²) in [6.07, 6.45) is -5.69. The number of methoxy groups -OCH3 is 1. The van der Waals surface area contributed by atoms with Crippen molar-refractivity contribution in [2.24, 2.45) is 11.8 Å². The Hall–Kier alpha value is -3.50. The summed E-state index contributed by atoms with van der Waals surface area (Å²) in [6.45, 7) is -1.06. The Morgan fingerprint density at radius 2 is 1.75 bits per heavy atom. The van der Waals surface area contributed by atoms with Gasteiger partial charge in [0.1, 0.15) is 31.0 Å². The maximum absolute atomic E-state index is 12.4. The largest absolute Gasteiger partial charge is 0.504 e. The van der Waals surface area contributed by atoms with Gasteiger partial charge in [0.25, 0.3) is 0 Å². The van der Waals surface area contributed by atoms with E-state index in [1.807, 2.05) is 0 Å². The van der Waals surface area contributed by atoms with Crippen molar-refractivity contribution in [3.05, 3.63) is 53.3 Å². The number of hydrogen-bond acceptors (Lipinski definition) is 14. The normalized spacial score (nSPS) is 33.5. The molecule has 1 saturated heterocycles. The third-order valence-electron chi connectivity index (χ3n) is 6.88. The van der Waals surface area contributed by atoms with Crippen LogP contribution in [0.25, 0.3) is 6.08 Å². The Kier molecular flexibility index (Phi) is 9.10. The van der Waals surface area contributed by atoms with Gasteiger partial charge in [-0.05, 0) is 29.3 Å². The summed E-state index contributed by atoms with van der Waals surface area (Å²) in [5.41, 5.74) is 0.674. The Bertz CT molecular complexity index is 1190. The SMILES string of the molecule is COC(=O)C1=CO[C@@H](O[C@@H]2O[C@H](CO)[C@@H](O)[C@H](O)[C@H]2O)[C@@H]2C(COC(=O)/C=C/c3ccc(O)c(O)c3)=C[C@H](O)[C@H]12. The summed E-state index contributed by atoms with van der Waals surface area (Å²) in [7, 11) is 1.15. The molecule has 218 valence electrons. The number of aromatic hydroxyl groups is 2. The fourth-order valence-electron chi connectivity index (χ4n) is 4.79. The van der Waals surface area contributed by atoms with Gasteiger partial charge in [0.15, 0.2) is 17.8 Å². The molecule has 1 fully saturated rings. The average Bonchev–Trinajstić information content (AvgIpc) is 3.28. The van der Waals surface area contributed by atoms with Crippen LogP contribution in [0.2, 0.25) is 0 Å². The van der Waals surface area contributed by atoms with Crippen LogP contribution in [0.1, 0.15) is 5.56 Å². The molecule has 40 heavy (non-hydrogen) atoms. The molecule has 1 aromatic rings. The summed E-state index contributed by atoms with van der Waals surface area (Å²) in [4.78, 5) is 24.8. The average molecular weight is 567 g/mol. The van der Waals surface area contributed by atoms with Crippen molar-refractivity contribution in [1.29, 1.82) is 0 Å². The van der Waals surface area contributed by atoms with Crippen molar-refractivity contribution in [3.63, 3.8) is 0 Å².